The van der Waals surface area contributed by atoms with Crippen LogP contribution in [0.15, 0.2) is 47.5 Å². The van der Waals surface area contributed by atoms with Gasteiger partial charge in [0.2, 0.25) is 5.43 Å². The quantitative estimate of drug-likeness (QED) is 0.701. The number of pyridine rings is 1. The summed E-state index contributed by atoms with van der Waals surface area (Å²) in [6, 6.07) is 10.5. The highest BCUT2D eigenvalue weighted by Gasteiger charge is 2.30. The molecule has 6 heteroatoms. The summed E-state index contributed by atoms with van der Waals surface area (Å²) in [6.07, 6.45) is 10.7. The van der Waals surface area contributed by atoms with Crippen molar-refractivity contribution in [2.75, 3.05) is 13.1 Å². The van der Waals surface area contributed by atoms with Crippen molar-refractivity contribution in [3.05, 3.63) is 69.6 Å². The second-order valence-corrected chi connectivity index (χ2v) is 10.9. The molecule has 2 aromatic rings. The second kappa shape index (κ2) is 10.2. The predicted molar refractivity (Wildman–Crippen MR) is 134 cm³/mol. The Kier molecular flexibility index (Phi) is 7.24. The van der Waals surface area contributed by atoms with Crippen molar-refractivity contribution in [2.45, 2.75) is 83.2 Å². The molecule has 1 aromatic heterocycles. The third-order valence-corrected chi connectivity index (χ3v) is 6.99. The van der Waals surface area contributed by atoms with Crippen molar-refractivity contribution in [2.24, 2.45) is 0 Å². The minimum absolute atomic E-state index is 0.0583. The number of hydrogen-bond acceptors (Lipinski definition) is 3. The molecule has 1 N–H and O–H groups in total. The summed E-state index contributed by atoms with van der Waals surface area (Å²) in [6.45, 7) is 6.87. The number of nitrogens with zero attached hydrogens (tertiary/aromatic N) is 2. The molecule has 1 aromatic carbocycles. The summed E-state index contributed by atoms with van der Waals surface area (Å²) in [7, 11) is 0. The molecule has 182 valence electrons. The Morgan fingerprint density at radius 3 is 2.26 bits per heavy atom. The standard InChI is InChI=1S/C28H37N3O3/c1-28(2,3)29-26(33)23-18-31(22-14-8-5-9-15-22)19-24(25(23)32)27(34)30-16-10-13-21(17-30)20-11-6-4-7-12-20/h4,6-7,11-12,18-19,21-22H,5,8-10,13-17H2,1-3H3,(H,29,33). The summed E-state index contributed by atoms with van der Waals surface area (Å²) in [5.41, 5.74) is 0.442. The molecular weight excluding hydrogens is 426 g/mol. The average molecular weight is 464 g/mol. The Morgan fingerprint density at radius 1 is 0.912 bits per heavy atom. The summed E-state index contributed by atoms with van der Waals surface area (Å²) in [5.74, 6) is -0.426. The van der Waals surface area contributed by atoms with Crippen LogP contribution >= 0.6 is 0 Å². The highest BCUT2D eigenvalue weighted by atomic mass is 16.2. The van der Waals surface area contributed by atoms with E-state index in [0.29, 0.717) is 13.1 Å². The van der Waals surface area contributed by atoms with E-state index in [0.717, 1.165) is 38.5 Å². The van der Waals surface area contributed by atoms with Crippen LogP contribution in [0.25, 0.3) is 0 Å². The molecule has 0 bridgehead atoms. The fraction of sp³-hybridized carbons (Fsp3) is 0.536. The molecule has 1 saturated carbocycles. The van der Waals surface area contributed by atoms with Crippen molar-refractivity contribution in [3.8, 4) is 0 Å². The van der Waals surface area contributed by atoms with Gasteiger partial charge in [-0.05, 0) is 52.0 Å². The van der Waals surface area contributed by atoms with Crippen LogP contribution in [0.2, 0.25) is 0 Å². The van der Waals surface area contributed by atoms with Gasteiger partial charge in [-0.1, -0.05) is 49.6 Å². The molecular formula is C28H37N3O3. The Hall–Kier alpha value is -2.89. The lowest BCUT2D eigenvalue weighted by Gasteiger charge is -2.33. The van der Waals surface area contributed by atoms with Crippen LogP contribution in [0.5, 0.6) is 0 Å². The zero-order valence-electron chi connectivity index (χ0n) is 20.7. The van der Waals surface area contributed by atoms with E-state index in [2.05, 4.69) is 17.4 Å². The van der Waals surface area contributed by atoms with E-state index in [1.54, 1.807) is 17.3 Å². The lowest BCUT2D eigenvalue weighted by Crippen LogP contribution is -2.45. The van der Waals surface area contributed by atoms with Gasteiger partial charge in [0.1, 0.15) is 11.1 Å². The SMILES string of the molecule is CC(C)(C)NC(=O)c1cn(C2CCCCC2)cc(C(=O)N2CCCC(c3ccccc3)C2)c1=O. The van der Waals surface area contributed by atoms with Crippen LogP contribution < -0.4 is 10.7 Å². The Labute approximate surface area is 202 Å². The third kappa shape index (κ3) is 5.60. The minimum Gasteiger partial charge on any atom is -0.349 e. The molecule has 1 atom stereocenters. The highest BCUT2D eigenvalue weighted by Crippen LogP contribution is 2.30. The smallest absolute Gasteiger partial charge is 0.259 e. The van der Waals surface area contributed by atoms with Gasteiger partial charge in [-0.15, -0.1) is 0 Å². The summed E-state index contributed by atoms with van der Waals surface area (Å²) < 4.78 is 1.96. The number of benzene rings is 1. The number of hydrogen-bond donors (Lipinski definition) is 1. The molecule has 1 saturated heterocycles. The average Bonchev–Trinajstić information content (AvgIpc) is 2.84. The van der Waals surface area contributed by atoms with E-state index in [-0.39, 0.29) is 29.0 Å². The zero-order chi connectivity index (χ0) is 24.3. The number of aromatic nitrogens is 1. The van der Waals surface area contributed by atoms with E-state index in [4.69, 9.17) is 0 Å². The van der Waals surface area contributed by atoms with Crippen molar-refractivity contribution in [1.82, 2.24) is 14.8 Å². The predicted octanol–water partition coefficient (Wildman–Crippen LogP) is 4.90. The number of carbonyl (C=O) groups is 2. The molecule has 4 rings (SSSR count). The fourth-order valence-corrected chi connectivity index (χ4v) is 5.24. The van der Waals surface area contributed by atoms with Crippen LogP contribution in [0, 0.1) is 0 Å². The molecule has 2 amide bonds. The molecule has 6 nitrogen and oxygen atoms in total. The third-order valence-electron chi connectivity index (χ3n) is 6.99. The Balaban J connectivity index is 1.67. The van der Waals surface area contributed by atoms with Gasteiger partial charge in [-0.2, -0.15) is 0 Å². The maximum absolute atomic E-state index is 13.7. The van der Waals surface area contributed by atoms with Gasteiger partial charge < -0.3 is 14.8 Å². The fourth-order valence-electron chi connectivity index (χ4n) is 5.24. The van der Waals surface area contributed by atoms with Crippen LogP contribution in [-0.2, 0) is 0 Å². The molecule has 34 heavy (non-hydrogen) atoms. The first-order valence-electron chi connectivity index (χ1n) is 12.7. The van der Waals surface area contributed by atoms with Crippen molar-refractivity contribution < 1.29 is 9.59 Å². The molecule has 1 unspecified atom stereocenters. The van der Waals surface area contributed by atoms with Crippen molar-refractivity contribution >= 4 is 11.8 Å². The molecule has 2 aliphatic rings. The van der Waals surface area contributed by atoms with E-state index in [1.165, 1.54) is 12.0 Å². The maximum Gasteiger partial charge on any atom is 0.259 e. The molecule has 2 heterocycles. The van der Waals surface area contributed by atoms with Crippen LogP contribution in [0.3, 0.4) is 0 Å². The minimum atomic E-state index is -0.477. The first-order valence-corrected chi connectivity index (χ1v) is 12.7. The number of nitrogens with one attached hydrogen (secondary N) is 1. The Bertz CT molecular complexity index is 1080. The van der Waals surface area contributed by atoms with Crippen LogP contribution in [0.4, 0.5) is 0 Å². The van der Waals surface area contributed by atoms with Crippen LogP contribution in [-0.4, -0.2) is 39.9 Å². The molecule has 1 aliphatic heterocycles. The molecule has 2 fully saturated rings. The maximum atomic E-state index is 13.7. The number of rotatable bonds is 4. The highest BCUT2D eigenvalue weighted by molar-refractivity contribution is 5.99. The summed E-state index contributed by atoms with van der Waals surface area (Å²) in [4.78, 5) is 42.0. The summed E-state index contributed by atoms with van der Waals surface area (Å²) in [5, 5.41) is 2.90. The second-order valence-electron chi connectivity index (χ2n) is 10.9. The Morgan fingerprint density at radius 2 is 1.59 bits per heavy atom. The van der Waals surface area contributed by atoms with Gasteiger partial charge in [0.05, 0.1) is 0 Å². The monoisotopic (exact) mass is 463 g/mol. The topological polar surface area (TPSA) is 71.4 Å². The normalized spacial score (nSPS) is 19.6. The largest absolute Gasteiger partial charge is 0.349 e. The molecule has 0 radical (unpaired) electrons. The number of carbonyl (C=O) groups excluding carboxylic acids is 2. The van der Waals surface area contributed by atoms with Crippen molar-refractivity contribution in [1.29, 1.82) is 0 Å². The number of piperidine rings is 1. The van der Waals surface area contributed by atoms with Crippen molar-refractivity contribution in [3.63, 3.8) is 0 Å². The van der Waals surface area contributed by atoms with Gasteiger partial charge >= 0.3 is 0 Å². The first kappa shape index (κ1) is 24.2. The lowest BCUT2D eigenvalue weighted by atomic mass is 9.90. The first-order chi connectivity index (χ1) is 16.2. The zero-order valence-corrected chi connectivity index (χ0v) is 20.7. The van der Waals surface area contributed by atoms with E-state index >= 15 is 0 Å². The summed E-state index contributed by atoms with van der Waals surface area (Å²) >= 11 is 0. The van der Waals surface area contributed by atoms with Gasteiger partial charge in [0, 0.05) is 43.0 Å². The van der Waals surface area contributed by atoms with E-state index in [1.807, 2.05) is 43.5 Å². The van der Waals surface area contributed by atoms with Crippen LogP contribution in [0.1, 0.15) is 104 Å². The van der Waals surface area contributed by atoms with Gasteiger partial charge in [-0.3, -0.25) is 14.4 Å². The molecule has 1 aliphatic carbocycles. The lowest BCUT2D eigenvalue weighted by molar-refractivity contribution is 0.0704. The van der Waals surface area contributed by atoms with E-state index < -0.39 is 16.9 Å². The number of likely N-dealkylation sites (tertiary alicyclic amines) is 1. The van der Waals surface area contributed by atoms with Gasteiger partial charge in [-0.25, -0.2) is 0 Å². The van der Waals surface area contributed by atoms with E-state index in [9.17, 15) is 14.4 Å². The number of amides is 2. The van der Waals surface area contributed by atoms with Gasteiger partial charge in [0.15, 0.2) is 0 Å². The molecule has 0 spiro atoms. The van der Waals surface area contributed by atoms with Gasteiger partial charge in [0.25, 0.3) is 11.8 Å².